The van der Waals surface area contributed by atoms with Crippen LogP contribution in [0.1, 0.15) is 33.2 Å². The molecule has 0 aliphatic rings. The fourth-order valence-corrected chi connectivity index (χ4v) is 2.64. The van der Waals surface area contributed by atoms with E-state index in [4.69, 9.17) is 5.73 Å². The quantitative estimate of drug-likeness (QED) is 0.734. The number of pyridine rings is 1. The third kappa shape index (κ3) is 3.86. The average molecular weight is 317 g/mol. The summed E-state index contributed by atoms with van der Waals surface area (Å²) in [5.74, 6) is -0.416. The predicted octanol–water partition coefficient (Wildman–Crippen LogP) is 3.06. The summed E-state index contributed by atoms with van der Waals surface area (Å²) in [6.07, 6.45) is 1.79. The first-order valence-corrected chi connectivity index (χ1v) is 7.82. The Morgan fingerprint density at radius 1 is 1.00 bits per heavy atom. The Kier molecular flexibility index (Phi) is 4.99. The van der Waals surface area contributed by atoms with Crippen molar-refractivity contribution in [3.8, 4) is 0 Å². The van der Waals surface area contributed by atoms with Gasteiger partial charge in [-0.15, -0.1) is 0 Å². The number of benzene rings is 2. The zero-order valence-corrected chi connectivity index (χ0v) is 13.2. The monoisotopic (exact) mass is 317 g/mol. The second-order valence-electron chi connectivity index (χ2n) is 5.54. The standard InChI is InChI=1S/C20H19N3O/c21-20(24)17-10-6-7-15(13-17)14-23-19(16-8-2-1-3-9-16)18-11-4-5-12-22-18/h1-13,19,23H,14H2,(H2,21,24). The summed E-state index contributed by atoms with van der Waals surface area (Å²) < 4.78 is 0. The molecule has 2 aromatic carbocycles. The Balaban J connectivity index is 1.83. The molecule has 1 atom stereocenters. The maximum Gasteiger partial charge on any atom is 0.248 e. The predicted molar refractivity (Wildman–Crippen MR) is 94.3 cm³/mol. The van der Waals surface area contributed by atoms with Crippen molar-refractivity contribution in [1.29, 1.82) is 0 Å². The minimum atomic E-state index is -0.416. The number of aromatic nitrogens is 1. The smallest absolute Gasteiger partial charge is 0.248 e. The topological polar surface area (TPSA) is 68.0 Å². The first-order valence-electron chi connectivity index (χ1n) is 7.82. The summed E-state index contributed by atoms with van der Waals surface area (Å²) in [5.41, 5.74) is 8.97. The number of amides is 1. The molecule has 1 unspecified atom stereocenters. The molecule has 0 spiro atoms. The molecule has 1 heterocycles. The van der Waals surface area contributed by atoms with E-state index < -0.39 is 5.91 Å². The number of hydrogen-bond donors (Lipinski definition) is 2. The molecule has 0 bridgehead atoms. The van der Waals surface area contributed by atoms with Gasteiger partial charge in [-0.3, -0.25) is 9.78 Å². The number of carbonyl (C=O) groups excluding carboxylic acids is 1. The van der Waals surface area contributed by atoms with Crippen molar-refractivity contribution in [1.82, 2.24) is 10.3 Å². The van der Waals surface area contributed by atoms with Crippen molar-refractivity contribution in [3.05, 3.63) is 101 Å². The van der Waals surface area contributed by atoms with E-state index in [1.165, 1.54) is 0 Å². The van der Waals surface area contributed by atoms with E-state index >= 15 is 0 Å². The summed E-state index contributed by atoms with van der Waals surface area (Å²) in [5, 5.41) is 3.52. The summed E-state index contributed by atoms with van der Waals surface area (Å²) in [4.78, 5) is 15.8. The highest BCUT2D eigenvalue weighted by molar-refractivity contribution is 5.92. The number of nitrogens with two attached hydrogens (primary N) is 1. The van der Waals surface area contributed by atoms with Crippen LogP contribution in [0.25, 0.3) is 0 Å². The largest absolute Gasteiger partial charge is 0.366 e. The minimum Gasteiger partial charge on any atom is -0.366 e. The van der Waals surface area contributed by atoms with Crippen molar-refractivity contribution >= 4 is 5.91 Å². The summed E-state index contributed by atoms with van der Waals surface area (Å²) >= 11 is 0. The van der Waals surface area contributed by atoms with Gasteiger partial charge in [0, 0.05) is 18.3 Å². The molecule has 1 aromatic heterocycles. The molecule has 3 aromatic rings. The lowest BCUT2D eigenvalue weighted by Crippen LogP contribution is -2.23. The van der Waals surface area contributed by atoms with Crippen molar-refractivity contribution < 1.29 is 4.79 Å². The Hall–Kier alpha value is -2.98. The van der Waals surface area contributed by atoms with E-state index in [0.29, 0.717) is 12.1 Å². The maximum atomic E-state index is 11.3. The molecule has 3 rings (SSSR count). The second-order valence-corrected chi connectivity index (χ2v) is 5.54. The Labute approximate surface area is 141 Å². The third-order valence-corrected chi connectivity index (χ3v) is 3.84. The molecule has 24 heavy (non-hydrogen) atoms. The van der Waals surface area contributed by atoms with Gasteiger partial charge < -0.3 is 11.1 Å². The van der Waals surface area contributed by atoms with Crippen LogP contribution in [0, 0.1) is 0 Å². The number of nitrogens with zero attached hydrogens (tertiary/aromatic N) is 1. The first-order chi connectivity index (χ1) is 11.7. The van der Waals surface area contributed by atoms with Gasteiger partial charge in [0.15, 0.2) is 0 Å². The number of carbonyl (C=O) groups is 1. The highest BCUT2D eigenvalue weighted by Crippen LogP contribution is 2.20. The number of nitrogens with one attached hydrogen (secondary N) is 1. The summed E-state index contributed by atoms with van der Waals surface area (Å²) in [7, 11) is 0. The molecule has 0 aliphatic carbocycles. The Bertz CT molecular complexity index is 764. The van der Waals surface area contributed by atoms with E-state index in [1.807, 2.05) is 54.6 Å². The SMILES string of the molecule is NC(=O)c1cccc(CNC(c2ccccc2)c2ccccn2)c1. The van der Waals surface area contributed by atoms with E-state index in [1.54, 1.807) is 12.3 Å². The van der Waals surface area contributed by atoms with Crippen LogP contribution >= 0.6 is 0 Å². The molecular weight excluding hydrogens is 298 g/mol. The van der Waals surface area contributed by atoms with Crippen LogP contribution in [0.3, 0.4) is 0 Å². The molecule has 0 saturated carbocycles. The highest BCUT2D eigenvalue weighted by atomic mass is 16.1. The van der Waals surface area contributed by atoms with Crippen molar-refractivity contribution in [2.75, 3.05) is 0 Å². The van der Waals surface area contributed by atoms with Crippen molar-refractivity contribution in [2.45, 2.75) is 12.6 Å². The fraction of sp³-hybridized carbons (Fsp3) is 0.100. The lowest BCUT2D eigenvalue weighted by molar-refractivity contribution is 0.1000. The zero-order valence-electron chi connectivity index (χ0n) is 13.2. The van der Waals surface area contributed by atoms with E-state index in [0.717, 1.165) is 16.8 Å². The van der Waals surface area contributed by atoms with Crippen molar-refractivity contribution in [2.24, 2.45) is 5.73 Å². The Morgan fingerprint density at radius 3 is 2.50 bits per heavy atom. The van der Waals surface area contributed by atoms with Crippen LogP contribution in [0.15, 0.2) is 79.0 Å². The first kappa shape index (κ1) is 15.9. The molecule has 0 aliphatic heterocycles. The molecule has 4 heteroatoms. The maximum absolute atomic E-state index is 11.3. The van der Waals surface area contributed by atoms with Gasteiger partial charge in [0.2, 0.25) is 5.91 Å². The fourth-order valence-electron chi connectivity index (χ4n) is 2.64. The summed E-state index contributed by atoms with van der Waals surface area (Å²) in [6, 6.07) is 23.4. The van der Waals surface area contributed by atoms with Gasteiger partial charge in [0.1, 0.15) is 0 Å². The molecule has 120 valence electrons. The van der Waals surface area contributed by atoms with Crippen LogP contribution in [0.2, 0.25) is 0 Å². The van der Waals surface area contributed by atoms with Crippen molar-refractivity contribution in [3.63, 3.8) is 0 Å². The average Bonchev–Trinajstić information content (AvgIpc) is 2.64. The molecular formula is C20H19N3O. The zero-order chi connectivity index (χ0) is 16.8. The summed E-state index contributed by atoms with van der Waals surface area (Å²) in [6.45, 7) is 0.608. The third-order valence-electron chi connectivity index (χ3n) is 3.84. The van der Waals surface area contributed by atoms with Gasteiger partial charge in [0.05, 0.1) is 11.7 Å². The molecule has 0 fully saturated rings. The molecule has 3 N–H and O–H groups in total. The number of rotatable bonds is 6. The van der Waals surface area contributed by atoms with Crippen LogP contribution < -0.4 is 11.1 Å². The lowest BCUT2D eigenvalue weighted by Gasteiger charge is -2.19. The van der Waals surface area contributed by atoms with Gasteiger partial charge in [-0.2, -0.15) is 0 Å². The Morgan fingerprint density at radius 2 is 1.79 bits per heavy atom. The lowest BCUT2D eigenvalue weighted by atomic mass is 10.0. The molecule has 4 nitrogen and oxygen atoms in total. The van der Waals surface area contributed by atoms with E-state index in [-0.39, 0.29) is 6.04 Å². The van der Waals surface area contributed by atoms with Gasteiger partial charge in [0.25, 0.3) is 0 Å². The van der Waals surface area contributed by atoms with Gasteiger partial charge in [-0.05, 0) is 35.4 Å². The molecule has 0 saturated heterocycles. The minimum absolute atomic E-state index is 0.0235. The molecule has 1 amide bonds. The van der Waals surface area contributed by atoms with Gasteiger partial charge in [-0.25, -0.2) is 0 Å². The second kappa shape index (κ2) is 7.53. The number of primary amides is 1. The van der Waals surface area contributed by atoms with Crippen LogP contribution in [-0.4, -0.2) is 10.9 Å². The van der Waals surface area contributed by atoms with Crippen LogP contribution in [0.4, 0.5) is 0 Å². The number of hydrogen-bond acceptors (Lipinski definition) is 3. The highest BCUT2D eigenvalue weighted by Gasteiger charge is 2.14. The molecule has 0 radical (unpaired) electrons. The van der Waals surface area contributed by atoms with Gasteiger partial charge >= 0.3 is 0 Å². The normalized spacial score (nSPS) is 11.8. The van der Waals surface area contributed by atoms with Gasteiger partial charge in [-0.1, -0.05) is 48.5 Å². The van der Waals surface area contributed by atoms with E-state index in [9.17, 15) is 4.79 Å². The van der Waals surface area contributed by atoms with Crippen LogP contribution in [0.5, 0.6) is 0 Å². The van der Waals surface area contributed by atoms with Crippen LogP contribution in [-0.2, 0) is 6.54 Å². The van der Waals surface area contributed by atoms with E-state index in [2.05, 4.69) is 22.4 Å².